The van der Waals surface area contributed by atoms with Crippen LogP contribution in [0.2, 0.25) is 0 Å². The van der Waals surface area contributed by atoms with Crippen LogP contribution in [-0.4, -0.2) is 21.3 Å². The number of amides is 1. The maximum atomic E-state index is 12.7. The maximum absolute atomic E-state index is 12.7. The van der Waals surface area contributed by atoms with Crippen LogP contribution in [0.25, 0.3) is 6.08 Å². The van der Waals surface area contributed by atoms with Crippen LogP contribution in [0.15, 0.2) is 53.4 Å². The van der Waals surface area contributed by atoms with Gasteiger partial charge in [0.25, 0.3) is 5.91 Å². The van der Waals surface area contributed by atoms with Crippen molar-refractivity contribution in [3.63, 3.8) is 0 Å². The fraction of sp³-hybridized carbons (Fsp3) is 0.0556. The molecule has 0 bridgehead atoms. The molecule has 2 aromatic rings. The lowest BCUT2D eigenvalue weighted by Crippen LogP contribution is -2.27. The summed E-state index contributed by atoms with van der Waals surface area (Å²) in [5.41, 5.74) is -0.266. The zero-order valence-electron chi connectivity index (χ0n) is 13.4. The third-order valence-corrected chi connectivity index (χ3v) is 5.03. The van der Waals surface area contributed by atoms with E-state index in [1.807, 2.05) is 0 Å². The predicted molar refractivity (Wildman–Crippen MR) is 100 cm³/mol. The van der Waals surface area contributed by atoms with Crippen LogP contribution < -0.4 is 4.90 Å². The van der Waals surface area contributed by atoms with Gasteiger partial charge >= 0.3 is 12.1 Å². The molecule has 1 amide bonds. The number of carbonyl (C=O) groups excluding carboxylic acids is 1. The third-order valence-electron chi connectivity index (χ3n) is 3.72. The van der Waals surface area contributed by atoms with Gasteiger partial charge in [-0.2, -0.15) is 13.2 Å². The fourth-order valence-corrected chi connectivity index (χ4v) is 3.74. The van der Waals surface area contributed by atoms with E-state index in [4.69, 9.17) is 12.2 Å². The van der Waals surface area contributed by atoms with Gasteiger partial charge in [-0.3, -0.25) is 9.69 Å². The van der Waals surface area contributed by atoms with E-state index in [1.165, 1.54) is 24.3 Å². The number of thioether (sulfide) groups is 1. The molecule has 0 aliphatic carbocycles. The first-order valence-electron chi connectivity index (χ1n) is 7.46. The van der Waals surface area contributed by atoms with E-state index >= 15 is 0 Å². The van der Waals surface area contributed by atoms with Crippen molar-refractivity contribution in [1.82, 2.24) is 0 Å². The first-order valence-corrected chi connectivity index (χ1v) is 8.68. The van der Waals surface area contributed by atoms with E-state index in [0.717, 1.165) is 28.8 Å². The minimum Gasteiger partial charge on any atom is -0.478 e. The minimum absolute atomic E-state index is 0.0253. The minimum atomic E-state index is -4.48. The molecule has 1 aliphatic rings. The van der Waals surface area contributed by atoms with Crippen LogP contribution in [0, 0.1) is 0 Å². The van der Waals surface area contributed by atoms with E-state index < -0.39 is 23.6 Å². The summed E-state index contributed by atoms with van der Waals surface area (Å²) >= 11 is 6.13. The molecule has 0 radical (unpaired) electrons. The van der Waals surface area contributed by atoms with Crippen molar-refractivity contribution in [2.75, 3.05) is 4.90 Å². The van der Waals surface area contributed by atoms with Gasteiger partial charge in [0.05, 0.1) is 21.7 Å². The van der Waals surface area contributed by atoms with E-state index in [-0.39, 0.29) is 20.5 Å². The molecular formula is C18H10F3NO3S2. The number of hydrogen-bond donors (Lipinski definition) is 1. The monoisotopic (exact) mass is 409 g/mol. The summed E-state index contributed by atoms with van der Waals surface area (Å²) < 4.78 is 38.2. The van der Waals surface area contributed by atoms with Gasteiger partial charge in [-0.15, -0.1) is 0 Å². The van der Waals surface area contributed by atoms with Crippen LogP contribution in [0.1, 0.15) is 21.5 Å². The van der Waals surface area contributed by atoms with Crippen molar-refractivity contribution < 1.29 is 27.9 Å². The highest BCUT2D eigenvalue weighted by Gasteiger charge is 2.35. The Bertz CT molecular complexity index is 969. The summed E-state index contributed by atoms with van der Waals surface area (Å²) in [5.74, 6) is -1.66. The van der Waals surface area contributed by atoms with Crippen molar-refractivity contribution >= 4 is 51.9 Å². The number of rotatable bonds is 3. The molecule has 0 atom stereocenters. The normalized spacial score (nSPS) is 16.3. The Morgan fingerprint density at radius 2 is 1.74 bits per heavy atom. The molecule has 0 aromatic heterocycles. The van der Waals surface area contributed by atoms with Gasteiger partial charge < -0.3 is 5.11 Å². The molecule has 1 aliphatic heterocycles. The van der Waals surface area contributed by atoms with Crippen molar-refractivity contribution in [3.05, 3.63) is 70.1 Å². The van der Waals surface area contributed by atoms with Gasteiger partial charge in [0.15, 0.2) is 4.32 Å². The third kappa shape index (κ3) is 3.88. The van der Waals surface area contributed by atoms with Crippen LogP contribution >= 0.6 is 24.0 Å². The number of carboxylic acids is 1. The quantitative estimate of drug-likeness (QED) is 0.583. The van der Waals surface area contributed by atoms with Crippen molar-refractivity contribution in [2.45, 2.75) is 6.18 Å². The second-order valence-electron chi connectivity index (χ2n) is 5.45. The van der Waals surface area contributed by atoms with Gasteiger partial charge in [-0.25, -0.2) is 4.79 Å². The van der Waals surface area contributed by atoms with Crippen molar-refractivity contribution in [3.8, 4) is 0 Å². The second kappa shape index (κ2) is 7.16. The van der Waals surface area contributed by atoms with Crippen LogP contribution in [-0.2, 0) is 11.0 Å². The molecule has 3 rings (SSSR count). The average Bonchev–Trinajstić information content (AvgIpc) is 2.88. The van der Waals surface area contributed by atoms with E-state index in [2.05, 4.69) is 0 Å². The molecule has 0 unspecified atom stereocenters. The lowest BCUT2D eigenvalue weighted by atomic mass is 10.1. The molecule has 138 valence electrons. The van der Waals surface area contributed by atoms with Gasteiger partial charge in [-0.1, -0.05) is 42.2 Å². The molecular weight excluding hydrogens is 399 g/mol. The highest BCUT2D eigenvalue weighted by molar-refractivity contribution is 8.27. The SMILES string of the molecule is O=C(O)c1ccccc1/C=C1/SC(=S)N(c2ccc(C(F)(F)F)cc2)C1=O. The first-order chi connectivity index (χ1) is 12.7. The topological polar surface area (TPSA) is 57.6 Å². The number of thiocarbonyl (C=S) groups is 1. The predicted octanol–water partition coefficient (Wildman–Crippen LogP) is 4.81. The number of halogens is 3. The van der Waals surface area contributed by atoms with Crippen LogP contribution in [0.4, 0.5) is 18.9 Å². The van der Waals surface area contributed by atoms with Gasteiger partial charge in [0.1, 0.15) is 0 Å². The summed E-state index contributed by atoms with van der Waals surface area (Å²) in [6.45, 7) is 0. The molecule has 9 heteroatoms. The Balaban J connectivity index is 1.93. The Hall–Kier alpha value is -2.65. The van der Waals surface area contributed by atoms with Gasteiger partial charge in [0, 0.05) is 0 Å². The summed E-state index contributed by atoms with van der Waals surface area (Å²) in [7, 11) is 0. The lowest BCUT2D eigenvalue weighted by molar-refractivity contribution is -0.137. The van der Waals surface area contributed by atoms with Crippen molar-refractivity contribution in [1.29, 1.82) is 0 Å². The summed E-state index contributed by atoms with van der Waals surface area (Å²) in [4.78, 5) is 25.3. The number of carbonyl (C=O) groups is 2. The number of hydrogen-bond acceptors (Lipinski definition) is 4. The number of aromatic carboxylic acids is 1. The summed E-state index contributed by atoms with van der Waals surface area (Å²) in [5, 5.41) is 9.23. The molecule has 0 saturated carbocycles. The zero-order valence-corrected chi connectivity index (χ0v) is 15.0. The zero-order chi connectivity index (χ0) is 19.8. The van der Waals surface area contributed by atoms with E-state index in [1.54, 1.807) is 18.2 Å². The van der Waals surface area contributed by atoms with Gasteiger partial charge in [-0.05, 0) is 42.0 Å². The molecule has 0 spiro atoms. The molecule has 1 N–H and O–H groups in total. The Morgan fingerprint density at radius 1 is 1.11 bits per heavy atom. The van der Waals surface area contributed by atoms with Crippen LogP contribution in [0.5, 0.6) is 0 Å². The van der Waals surface area contributed by atoms with E-state index in [9.17, 15) is 27.9 Å². The summed E-state index contributed by atoms with van der Waals surface area (Å²) in [6.07, 6.45) is -3.07. The highest BCUT2D eigenvalue weighted by atomic mass is 32.2. The lowest BCUT2D eigenvalue weighted by Gasteiger charge is -2.15. The fourth-order valence-electron chi connectivity index (χ4n) is 2.45. The molecule has 4 nitrogen and oxygen atoms in total. The Labute approximate surface area is 161 Å². The molecule has 1 fully saturated rings. The number of carboxylic acid groups (broad SMARTS) is 1. The van der Waals surface area contributed by atoms with E-state index in [0.29, 0.717) is 5.56 Å². The standard InChI is InChI=1S/C18H10F3NO3S2/c19-18(20,21)11-5-7-12(8-6-11)22-15(23)14(27-17(22)26)9-10-3-1-2-4-13(10)16(24)25/h1-9H,(H,24,25)/b14-9+. The highest BCUT2D eigenvalue weighted by Crippen LogP contribution is 2.37. The second-order valence-corrected chi connectivity index (χ2v) is 7.13. The molecule has 2 aromatic carbocycles. The number of anilines is 1. The average molecular weight is 409 g/mol. The number of alkyl halides is 3. The van der Waals surface area contributed by atoms with Gasteiger partial charge in [0.2, 0.25) is 0 Å². The first kappa shape index (κ1) is 19.1. The maximum Gasteiger partial charge on any atom is 0.416 e. The smallest absolute Gasteiger partial charge is 0.416 e. The molecule has 27 heavy (non-hydrogen) atoms. The molecule has 1 heterocycles. The molecule has 1 saturated heterocycles. The number of benzene rings is 2. The Morgan fingerprint density at radius 3 is 2.33 bits per heavy atom. The Kier molecular flexibility index (Phi) is 5.07. The largest absolute Gasteiger partial charge is 0.478 e. The van der Waals surface area contributed by atoms with Crippen LogP contribution in [0.3, 0.4) is 0 Å². The summed E-state index contributed by atoms with van der Waals surface area (Å²) in [6, 6.07) is 10.2. The van der Waals surface area contributed by atoms with Crippen molar-refractivity contribution in [2.24, 2.45) is 0 Å². The number of nitrogens with zero attached hydrogens (tertiary/aromatic N) is 1.